The molecule has 15 heavy (non-hydrogen) atoms. The van der Waals surface area contributed by atoms with Gasteiger partial charge in [0.2, 0.25) is 0 Å². The van der Waals surface area contributed by atoms with Gasteiger partial charge in [-0.2, -0.15) is 0 Å². The average Bonchev–Trinajstić information content (AvgIpc) is 3.05. The van der Waals surface area contributed by atoms with E-state index in [0.29, 0.717) is 5.41 Å². The minimum atomic E-state index is 0.575. The molecule has 0 heterocycles. The van der Waals surface area contributed by atoms with Crippen LogP contribution in [0.3, 0.4) is 0 Å². The molecule has 1 N–H and O–H groups in total. The molecule has 1 aliphatic carbocycles. The van der Waals surface area contributed by atoms with Crippen LogP contribution in [-0.4, -0.2) is 17.7 Å². The first-order valence-electron chi connectivity index (χ1n) is 6.51. The van der Waals surface area contributed by atoms with Gasteiger partial charge in [0, 0.05) is 11.9 Å². The summed E-state index contributed by atoms with van der Waals surface area (Å²) in [6, 6.07) is 0.862. The maximum atomic E-state index is 3.57. The normalized spacial score (nSPS) is 20.2. The smallest absolute Gasteiger partial charge is 0.0420 e. The lowest BCUT2D eigenvalue weighted by molar-refractivity contribution is 0.320. The molecule has 90 valence electrons. The second-order valence-electron chi connectivity index (χ2n) is 5.24. The van der Waals surface area contributed by atoms with Gasteiger partial charge in [-0.1, -0.05) is 33.6 Å². The van der Waals surface area contributed by atoms with Crippen LogP contribution in [0.25, 0.3) is 0 Å². The fourth-order valence-electron chi connectivity index (χ4n) is 1.72. The molecule has 1 aliphatic rings. The van der Waals surface area contributed by atoms with Crippen LogP contribution in [0.15, 0.2) is 0 Å². The maximum absolute atomic E-state index is 3.57. The Labute approximate surface area is 99.8 Å². The lowest BCUT2D eigenvalue weighted by Crippen LogP contribution is -2.22. The van der Waals surface area contributed by atoms with Crippen molar-refractivity contribution in [1.29, 1.82) is 0 Å². The van der Waals surface area contributed by atoms with E-state index in [4.69, 9.17) is 0 Å². The van der Waals surface area contributed by atoms with Crippen molar-refractivity contribution in [2.24, 2.45) is 5.41 Å². The monoisotopic (exact) mass is 229 g/mol. The van der Waals surface area contributed by atoms with E-state index in [9.17, 15) is 0 Å². The van der Waals surface area contributed by atoms with Gasteiger partial charge in [-0.15, -0.1) is 11.8 Å². The van der Waals surface area contributed by atoms with Crippen molar-refractivity contribution in [2.45, 2.75) is 65.3 Å². The molecular formula is C13H27NS. The summed E-state index contributed by atoms with van der Waals surface area (Å²) < 4.78 is 0. The lowest BCUT2D eigenvalue weighted by Gasteiger charge is -2.27. The Morgan fingerprint density at radius 2 is 2.07 bits per heavy atom. The molecule has 1 rings (SSSR count). The first-order chi connectivity index (χ1) is 7.20. The van der Waals surface area contributed by atoms with Gasteiger partial charge in [-0.05, 0) is 36.9 Å². The van der Waals surface area contributed by atoms with Crippen molar-refractivity contribution in [2.75, 3.05) is 11.6 Å². The molecular weight excluding hydrogens is 202 g/mol. The Bertz CT molecular complexity index is 168. The van der Waals surface area contributed by atoms with Crippen LogP contribution < -0.4 is 5.32 Å². The Kier molecular flexibility index (Phi) is 6.06. The highest BCUT2D eigenvalue weighted by atomic mass is 32.2. The van der Waals surface area contributed by atoms with Crippen molar-refractivity contribution < 1.29 is 0 Å². The molecule has 0 radical (unpaired) electrons. The molecule has 1 atom stereocenters. The molecule has 0 aromatic rings. The minimum Gasteiger partial charge on any atom is -0.305 e. The predicted octanol–water partition coefficient (Wildman–Crippen LogP) is 4.04. The zero-order chi connectivity index (χ0) is 11.1. The van der Waals surface area contributed by atoms with Gasteiger partial charge in [-0.3, -0.25) is 0 Å². The van der Waals surface area contributed by atoms with Crippen molar-refractivity contribution in [1.82, 2.24) is 5.32 Å². The summed E-state index contributed by atoms with van der Waals surface area (Å²) in [7, 11) is 0. The Balaban J connectivity index is 2.06. The summed E-state index contributed by atoms with van der Waals surface area (Å²) in [6.45, 7) is 7.08. The standard InChI is InChI=1S/C13H27NS/c1-4-6-9-13(3,5-2)10-15-11-14-12-7-8-12/h12,14H,4-11H2,1-3H3. The Morgan fingerprint density at radius 3 is 2.60 bits per heavy atom. The van der Waals surface area contributed by atoms with Gasteiger partial charge in [0.05, 0.1) is 0 Å². The molecule has 2 heteroatoms. The summed E-state index contributed by atoms with van der Waals surface area (Å²) in [5, 5.41) is 3.57. The van der Waals surface area contributed by atoms with Crippen molar-refractivity contribution in [3.05, 3.63) is 0 Å². The molecule has 0 bridgehead atoms. The summed E-state index contributed by atoms with van der Waals surface area (Å²) in [5.41, 5.74) is 0.575. The van der Waals surface area contributed by atoms with Crippen LogP contribution in [0.4, 0.5) is 0 Å². The Hall–Kier alpha value is 0.310. The zero-order valence-electron chi connectivity index (χ0n) is 10.6. The van der Waals surface area contributed by atoms with E-state index in [2.05, 4.69) is 37.8 Å². The molecule has 0 amide bonds. The van der Waals surface area contributed by atoms with Gasteiger partial charge in [0.15, 0.2) is 0 Å². The number of thioether (sulfide) groups is 1. The van der Waals surface area contributed by atoms with E-state index < -0.39 is 0 Å². The molecule has 0 aliphatic heterocycles. The van der Waals surface area contributed by atoms with E-state index in [1.54, 1.807) is 0 Å². The topological polar surface area (TPSA) is 12.0 Å². The van der Waals surface area contributed by atoms with Gasteiger partial charge in [0.1, 0.15) is 0 Å². The third-order valence-corrected chi connectivity index (χ3v) is 4.76. The average molecular weight is 229 g/mol. The van der Waals surface area contributed by atoms with Gasteiger partial charge in [0.25, 0.3) is 0 Å². The van der Waals surface area contributed by atoms with Gasteiger partial charge >= 0.3 is 0 Å². The zero-order valence-corrected chi connectivity index (χ0v) is 11.5. The maximum Gasteiger partial charge on any atom is 0.0420 e. The number of rotatable bonds is 9. The van der Waals surface area contributed by atoms with E-state index in [-0.39, 0.29) is 0 Å². The summed E-state index contributed by atoms with van der Waals surface area (Å²) in [4.78, 5) is 0. The molecule has 1 unspecified atom stereocenters. The van der Waals surface area contributed by atoms with Crippen LogP contribution in [0.2, 0.25) is 0 Å². The Morgan fingerprint density at radius 1 is 1.33 bits per heavy atom. The van der Waals surface area contributed by atoms with Crippen molar-refractivity contribution >= 4 is 11.8 Å². The molecule has 1 fully saturated rings. The minimum absolute atomic E-state index is 0.575. The molecule has 0 saturated heterocycles. The molecule has 1 saturated carbocycles. The second-order valence-corrected chi connectivity index (χ2v) is 6.22. The molecule has 0 aromatic heterocycles. The largest absolute Gasteiger partial charge is 0.305 e. The summed E-state index contributed by atoms with van der Waals surface area (Å²) in [5.74, 6) is 2.48. The first-order valence-corrected chi connectivity index (χ1v) is 7.67. The van der Waals surface area contributed by atoms with Crippen LogP contribution in [0, 0.1) is 5.41 Å². The fraction of sp³-hybridized carbons (Fsp3) is 1.00. The van der Waals surface area contributed by atoms with Gasteiger partial charge < -0.3 is 5.32 Å². The van der Waals surface area contributed by atoms with Gasteiger partial charge in [-0.25, -0.2) is 0 Å². The number of hydrogen-bond acceptors (Lipinski definition) is 2. The predicted molar refractivity (Wildman–Crippen MR) is 71.4 cm³/mol. The first kappa shape index (κ1) is 13.4. The number of hydrogen-bond donors (Lipinski definition) is 1. The van der Waals surface area contributed by atoms with Crippen LogP contribution in [0.5, 0.6) is 0 Å². The van der Waals surface area contributed by atoms with E-state index in [0.717, 1.165) is 11.9 Å². The SMILES string of the molecule is CCCCC(C)(CC)CSCNC1CC1. The third-order valence-electron chi connectivity index (χ3n) is 3.49. The van der Waals surface area contributed by atoms with Crippen molar-refractivity contribution in [3.63, 3.8) is 0 Å². The summed E-state index contributed by atoms with van der Waals surface area (Å²) in [6.07, 6.45) is 8.25. The quantitative estimate of drug-likeness (QED) is 0.473. The molecule has 0 spiro atoms. The highest BCUT2D eigenvalue weighted by molar-refractivity contribution is 7.99. The van der Waals surface area contributed by atoms with E-state index in [1.807, 2.05) is 0 Å². The second kappa shape index (κ2) is 6.80. The third kappa shape index (κ3) is 5.82. The van der Waals surface area contributed by atoms with Crippen molar-refractivity contribution in [3.8, 4) is 0 Å². The van der Waals surface area contributed by atoms with Crippen LogP contribution >= 0.6 is 11.8 Å². The van der Waals surface area contributed by atoms with E-state index >= 15 is 0 Å². The van der Waals surface area contributed by atoms with Crippen LogP contribution in [-0.2, 0) is 0 Å². The van der Waals surface area contributed by atoms with E-state index in [1.165, 1.54) is 44.3 Å². The number of unbranched alkanes of at least 4 members (excludes halogenated alkanes) is 1. The van der Waals surface area contributed by atoms with Crippen LogP contribution in [0.1, 0.15) is 59.3 Å². The fourth-order valence-corrected chi connectivity index (χ4v) is 3.01. The highest BCUT2D eigenvalue weighted by Crippen LogP contribution is 2.32. The lowest BCUT2D eigenvalue weighted by atomic mass is 9.84. The molecule has 1 nitrogen and oxygen atoms in total. The highest BCUT2D eigenvalue weighted by Gasteiger charge is 2.23. The summed E-state index contributed by atoms with van der Waals surface area (Å²) >= 11 is 2.09. The number of nitrogens with one attached hydrogen (secondary N) is 1. The molecule has 0 aromatic carbocycles.